The first-order valence-electron chi connectivity index (χ1n) is 11.3. The van der Waals surface area contributed by atoms with Crippen LogP contribution in [0.2, 0.25) is 10.0 Å². The number of carbonyl (C=O) groups excluding carboxylic acids is 2. The Hall–Kier alpha value is -2.50. The molecule has 0 fully saturated rings. The van der Waals surface area contributed by atoms with Gasteiger partial charge in [-0.05, 0) is 56.2 Å². The van der Waals surface area contributed by atoms with Crippen molar-refractivity contribution in [3.05, 3.63) is 63.6 Å². The third-order valence-corrected chi connectivity index (χ3v) is 7.27. The quantitative estimate of drug-likeness (QED) is 0.399. The van der Waals surface area contributed by atoms with Crippen molar-refractivity contribution in [3.8, 4) is 0 Å². The number of rotatable bonds is 11. The number of benzene rings is 2. The third-order valence-electron chi connectivity index (χ3n) is 5.49. The number of anilines is 1. The molecule has 1 N–H and O–H groups in total. The van der Waals surface area contributed by atoms with Gasteiger partial charge in [-0.2, -0.15) is 13.2 Å². The van der Waals surface area contributed by atoms with Crippen LogP contribution in [0.25, 0.3) is 0 Å². The molecular weight excluding hydrogens is 554 g/mol. The van der Waals surface area contributed by atoms with Gasteiger partial charge in [0.1, 0.15) is 6.04 Å². The van der Waals surface area contributed by atoms with E-state index in [1.165, 1.54) is 17.0 Å². The van der Waals surface area contributed by atoms with E-state index in [1.54, 1.807) is 26.0 Å². The van der Waals surface area contributed by atoms with Gasteiger partial charge in [0.2, 0.25) is 21.8 Å². The van der Waals surface area contributed by atoms with Crippen molar-refractivity contribution in [1.29, 1.82) is 0 Å². The zero-order valence-corrected chi connectivity index (χ0v) is 22.8. The summed E-state index contributed by atoms with van der Waals surface area (Å²) in [7, 11) is -3.95. The van der Waals surface area contributed by atoms with Crippen LogP contribution in [0.15, 0.2) is 42.5 Å². The van der Waals surface area contributed by atoms with E-state index in [-0.39, 0.29) is 37.5 Å². The van der Waals surface area contributed by atoms with Crippen molar-refractivity contribution in [3.63, 3.8) is 0 Å². The van der Waals surface area contributed by atoms with Gasteiger partial charge in [0.25, 0.3) is 0 Å². The summed E-state index contributed by atoms with van der Waals surface area (Å²) in [5.74, 6) is -0.843. The molecule has 2 aromatic carbocycles. The predicted molar refractivity (Wildman–Crippen MR) is 138 cm³/mol. The van der Waals surface area contributed by atoms with Crippen LogP contribution in [-0.2, 0) is 32.3 Å². The average molecular weight is 582 g/mol. The second-order valence-electron chi connectivity index (χ2n) is 8.31. The minimum absolute atomic E-state index is 0.00342. The van der Waals surface area contributed by atoms with Gasteiger partial charge in [0.05, 0.1) is 17.5 Å². The zero-order chi connectivity index (χ0) is 28.0. The summed E-state index contributed by atoms with van der Waals surface area (Å²) < 4.78 is 64.9. The van der Waals surface area contributed by atoms with Crippen LogP contribution < -0.4 is 9.62 Å². The Balaban J connectivity index is 2.23. The number of hydrogen-bond acceptors (Lipinski definition) is 4. The summed E-state index contributed by atoms with van der Waals surface area (Å²) in [4.78, 5) is 27.0. The molecule has 0 saturated carbocycles. The van der Waals surface area contributed by atoms with E-state index < -0.39 is 33.7 Å². The first-order chi connectivity index (χ1) is 17.1. The molecule has 0 aromatic heterocycles. The highest BCUT2D eigenvalue weighted by Gasteiger charge is 2.32. The van der Waals surface area contributed by atoms with E-state index in [0.717, 1.165) is 28.8 Å². The summed E-state index contributed by atoms with van der Waals surface area (Å²) in [6, 6.07) is 7.84. The number of carbonyl (C=O) groups is 2. The Bertz CT molecular complexity index is 1230. The van der Waals surface area contributed by atoms with E-state index >= 15 is 0 Å². The molecule has 0 aliphatic carbocycles. The van der Waals surface area contributed by atoms with Crippen LogP contribution >= 0.6 is 23.2 Å². The largest absolute Gasteiger partial charge is 0.416 e. The highest BCUT2D eigenvalue weighted by atomic mass is 35.5. The van der Waals surface area contributed by atoms with E-state index in [1.807, 2.05) is 0 Å². The molecule has 0 unspecified atom stereocenters. The molecule has 2 aromatic rings. The lowest BCUT2D eigenvalue weighted by atomic mass is 10.1. The normalized spacial score (nSPS) is 12.6. The molecular formula is C24H28Cl2F3N3O4S. The van der Waals surface area contributed by atoms with Crippen LogP contribution in [0.1, 0.15) is 37.8 Å². The Morgan fingerprint density at radius 3 is 2.35 bits per heavy atom. The lowest BCUT2D eigenvalue weighted by Gasteiger charge is -2.29. The number of sulfonamides is 1. The molecule has 0 saturated heterocycles. The number of likely N-dealkylation sites (N-methyl/N-ethyl adjacent to an activating group) is 1. The molecule has 2 rings (SSSR count). The smallest absolute Gasteiger partial charge is 0.355 e. The maximum Gasteiger partial charge on any atom is 0.416 e. The van der Waals surface area contributed by atoms with Gasteiger partial charge in [0, 0.05) is 36.1 Å². The van der Waals surface area contributed by atoms with Gasteiger partial charge < -0.3 is 10.2 Å². The van der Waals surface area contributed by atoms with E-state index in [4.69, 9.17) is 23.2 Å². The van der Waals surface area contributed by atoms with E-state index in [0.29, 0.717) is 22.2 Å². The predicted octanol–water partition coefficient (Wildman–Crippen LogP) is 5.11. The second kappa shape index (κ2) is 12.8. The maximum atomic E-state index is 13.2. The van der Waals surface area contributed by atoms with E-state index in [2.05, 4.69) is 5.32 Å². The highest BCUT2D eigenvalue weighted by Crippen LogP contribution is 2.32. The van der Waals surface area contributed by atoms with Crippen LogP contribution in [-0.4, -0.2) is 50.5 Å². The van der Waals surface area contributed by atoms with Gasteiger partial charge in [-0.25, -0.2) is 8.42 Å². The van der Waals surface area contributed by atoms with Crippen molar-refractivity contribution < 1.29 is 31.2 Å². The first kappa shape index (κ1) is 30.7. The monoisotopic (exact) mass is 581 g/mol. The molecule has 1 atom stereocenters. The van der Waals surface area contributed by atoms with Gasteiger partial charge in [-0.15, -0.1) is 0 Å². The maximum absolute atomic E-state index is 13.2. The first-order valence-corrected chi connectivity index (χ1v) is 13.9. The standard InChI is InChI=1S/C24H28Cl2F3N3O4S/c1-4-30-23(34)16(2)31(15-17-10-11-19(25)14-21(17)26)22(33)9-6-12-32(37(3,35)36)20-8-5-7-18(13-20)24(27,28)29/h5,7-8,10-11,13-14,16H,4,6,9,12,15H2,1-3H3,(H,30,34)/t16-/m1/s1. The molecule has 204 valence electrons. The summed E-state index contributed by atoms with van der Waals surface area (Å²) >= 11 is 12.2. The Kier molecular flexibility index (Phi) is 10.7. The average Bonchev–Trinajstić information content (AvgIpc) is 2.79. The number of alkyl halides is 3. The fourth-order valence-corrected chi connectivity index (χ4v) is 5.00. The highest BCUT2D eigenvalue weighted by molar-refractivity contribution is 7.92. The molecule has 0 bridgehead atoms. The minimum atomic E-state index is -4.65. The number of amides is 2. The molecule has 0 radical (unpaired) electrons. The number of nitrogens with one attached hydrogen (secondary N) is 1. The Morgan fingerprint density at radius 1 is 1.11 bits per heavy atom. The molecule has 0 aliphatic heterocycles. The lowest BCUT2D eigenvalue weighted by molar-refractivity contribution is -0.140. The van der Waals surface area contributed by atoms with Gasteiger partial charge in [0.15, 0.2) is 0 Å². The van der Waals surface area contributed by atoms with Gasteiger partial charge >= 0.3 is 6.18 Å². The lowest BCUT2D eigenvalue weighted by Crippen LogP contribution is -2.47. The molecule has 37 heavy (non-hydrogen) atoms. The zero-order valence-electron chi connectivity index (χ0n) is 20.5. The van der Waals surface area contributed by atoms with Crippen molar-refractivity contribution in [2.75, 3.05) is 23.7 Å². The van der Waals surface area contributed by atoms with Crippen molar-refractivity contribution in [2.45, 2.75) is 45.5 Å². The summed E-state index contributed by atoms with van der Waals surface area (Å²) in [5.41, 5.74) is -0.598. The number of hydrogen-bond donors (Lipinski definition) is 1. The molecule has 0 heterocycles. The van der Waals surface area contributed by atoms with Crippen molar-refractivity contribution >= 4 is 50.7 Å². The van der Waals surface area contributed by atoms with Crippen LogP contribution in [0.3, 0.4) is 0 Å². The summed E-state index contributed by atoms with van der Waals surface area (Å²) in [5, 5.41) is 3.37. The van der Waals surface area contributed by atoms with E-state index in [9.17, 15) is 31.2 Å². The fourth-order valence-electron chi connectivity index (χ4n) is 3.58. The van der Waals surface area contributed by atoms with Crippen LogP contribution in [0.4, 0.5) is 18.9 Å². The number of halogens is 5. The molecule has 7 nitrogen and oxygen atoms in total. The number of nitrogens with zero attached hydrogens (tertiary/aromatic N) is 2. The molecule has 0 aliphatic rings. The van der Waals surface area contributed by atoms with Gasteiger partial charge in [-0.3, -0.25) is 13.9 Å². The molecule has 13 heteroatoms. The Labute approximate surface area is 224 Å². The molecule has 0 spiro atoms. The third kappa shape index (κ3) is 8.79. The minimum Gasteiger partial charge on any atom is -0.355 e. The summed E-state index contributed by atoms with van der Waals surface area (Å²) in [6.07, 6.45) is -3.94. The SMILES string of the molecule is CCNC(=O)[C@@H](C)N(Cc1ccc(Cl)cc1Cl)C(=O)CCCN(c1cccc(C(F)(F)F)c1)S(C)(=O)=O. The van der Waals surface area contributed by atoms with Crippen LogP contribution in [0, 0.1) is 0 Å². The van der Waals surface area contributed by atoms with Gasteiger partial charge in [-0.1, -0.05) is 35.3 Å². The van der Waals surface area contributed by atoms with Crippen LogP contribution in [0.5, 0.6) is 0 Å². The van der Waals surface area contributed by atoms with Crippen molar-refractivity contribution in [1.82, 2.24) is 10.2 Å². The topological polar surface area (TPSA) is 86.8 Å². The molecule has 2 amide bonds. The second-order valence-corrected chi connectivity index (χ2v) is 11.1. The van der Waals surface area contributed by atoms with Crippen molar-refractivity contribution in [2.24, 2.45) is 0 Å². The Morgan fingerprint density at radius 2 is 1.78 bits per heavy atom. The summed E-state index contributed by atoms with van der Waals surface area (Å²) in [6.45, 7) is 3.40. The fraction of sp³-hybridized carbons (Fsp3) is 0.417.